The van der Waals surface area contributed by atoms with Gasteiger partial charge in [0.05, 0.1) is 17.7 Å². The minimum Gasteiger partial charge on any atom is -0.399 e. The van der Waals surface area contributed by atoms with Crippen molar-refractivity contribution in [2.45, 2.75) is 0 Å². The number of nitrogens with two attached hydrogens (primary N) is 1. The van der Waals surface area contributed by atoms with E-state index in [2.05, 4.69) is 9.97 Å². The van der Waals surface area contributed by atoms with Crippen LogP contribution in [0.1, 0.15) is 0 Å². The second-order valence-electron chi connectivity index (χ2n) is 3.65. The Morgan fingerprint density at radius 1 is 1.17 bits per heavy atom. The van der Waals surface area contributed by atoms with Crippen molar-refractivity contribution in [1.29, 1.82) is 10.5 Å². The van der Waals surface area contributed by atoms with Gasteiger partial charge in [0, 0.05) is 11.1 Å². The van der Waals surface area contributed by atoms with E-state index < -0.39 is 0 Å². The maximum atomic E-state index is 8.78. The van der Waals surface area contributed by atoms with Gasteiger partial charge in [0.25, 0.3) is 0 Å². The van der Waals surface area contributed by atoms with E-state index in [0.29, 0.717) is 11.5 Å². The van der Waals surface area contributed by atoms with Gasteiger partial charge in [-0.2, -0.15) is 10.5 Å². The molecule has 2 rings (SSSR count). The number of hydrogen-bond acceptors (Lipinski definition) is 6. The van der Waals surface area contributed by atoms with E-state index in [1.807, 2.05) is 12.1 Å². The number of aromatic nitrogens is 2. The summed E-state index contributed by atoms with van der Waals surface area (Å²) in [4.78, 5) is 9.86. The summed E-state index contributed by atoms with van der Waals surface area (Å²) in [5.41, 5.74) is 7.06. The summed E-state index contributed by atoms with van der Waals surface area (Å²) in [6.45, 7) is 0.183. The molecule has 0 saturated heterocycles. The van der Waals surface area contributed by atoms with Crippen molar-refractivity contribution in [3.63, 3.8) is 0 Å². The molecule has 18 heavy (non-hydrogen) atoms. The fourth-order valence-corrected chi connectivity index (χ4v) is 1.69. The van der Waals surface area contributed by atoms with Crippen LogP contribution in [0.15, 0.2) is 24.5 Å². The van der Waals surface area contributed by atoms with Crippen molar-refractivity contribution in [3.8, 4) is 12.1 Å². The van der Waals surface area contributed by atoms with Crippen LogP contribution in [-0.4, -0.2) is 23.1 Å². The highest BCUT2D eigenvalue weighted by Crippen LogP contribution is 2.24. The van der Waals surface area contributed by atoms with Crippen molar-refractivity contribution in [2.24, 2.45) is 0 Å². The van der Waals surface area contributed by atoms with Crippen molar-refractivity contribution >= 4 is 22.4 Å². The minimum atomic E-state index is 0.0917. The second kappa shape index (κ2) is 4.98. The Morgan fingerprint density at radius 2 is 1.89 bits per heavy atom. The fourth-order valence-electron chi connectivity index (χ4n) is 1.69. The first-order valence-corrected chi connectivity index (χ1v) is 5.25. The van der Waals surface area contributed by atoms with Gasteiger partial charge in [-0.05, 0) is 18.2 Å². The first kappa shape index (κ1) is 11.6. The molecule has 0 aliphatic rings. The molecule has 1 aromatic carbocycles. The largest absolute Gasteiger partial charge is 0.399 e. The first-order chi connectivity index (χ1) is 8.76. The summed E-state index contributed by atoms with van der Waals surface area (Å²) in [5, 5.41) is 18.3. The van der Waals surface area contributed by atoms with E-state index >= 15 is 0 Å². The summed E-state index contributed by atoms with van der Waals surface area (Å²) in [6, 6.07) is 9.30. The predicted octanol–water partition coefficient (Wildman–Crippen LogP) is 1.07. The zero-order valence-electron chi connectivity index (χ0n) is 9.54. The normalized spacial score (nSPS) is 9.67. The van der Waals surface area contributed by atoms with E-state index in [4.69, 9.17) is 16.3 Å². The Bertz CT molecular complexity index is 636. The van der Waals surface area contributed by atoms with Crippen LogP contribution in [-0.2, 0) is 0 Å². The van der Waals surface area contributed by atoms with Crippen LogP contribution in [0, 0.1) is 22.7 Å². The molecule has 0 saturated carbocycles. The smallest absolute Gasteiger partial charge is 0.141 e. The molecule has 6 heteroatoms. The third-order valence-electron chi connectivity index (χ3n) is 2.46. The quantitative estimate of drug-likeness (QED) is 0.633. The highest BCUT2D eigenvalue weighted by molar-refractivity contribution is 5.91. The molecule has 88 valence electrons. The molecule has 1 heterocycles. The van der Waals surface area contributed by atoms with Crippen molar-refractivity contribution in [2.75, 3.05) is 23.7 Å². The van der Waals surface area contributed by atoms with Crippen molar-refractivity contribution < 1.29 is 0 Å². The van der Waals surface area contributed by atoms with Crippen LogP contribution >= 0.6 is 0 Å². The van der Waals surface area contributed by atoms with E-state index in [0.717, 1.165) is 10.9 Å². The lowest BCUT2D eigenvalue weighted by atomic mass is 10.2. The summed E-state index contributed by atoms with van der Waals surface area (Å²) in [6.07, 6.45) is 1.41. The van der Waals surface area contributed by atoms with Gasteiger partial charge in [-0.3, -0.25) is 0 Å². The molecule has 0 atom stereocenters. The van der Waals surface area contributed by atoms with E-state index in [9.17, 15) is 0 Å². The van der Waals surface area contributed by atoms with Gasteiger partial charge < -0.3 is 10.6 Å². The van der Waals surface area contributed by atoms with Crippen LogP contribution in [0.4, 0.5) is 11.5 Å². The van der Waals surface area contributed by atoms with Gasteiger partial charge in [-0.1, -0.05) is 0 Å². The maximum Gasteiger partial charge on any atom is 0.141 e. The van der Waals surface area contributed by atoms with Gasteiger partial charge >= 0.3 is 0 Å². The van der Waals surface area contributed by atoms with Gasteiger partial charge in [0.1, 0.15) is 25.2 Å². The zero-order chi connectivity index (χ0) is 13.0. The van der Waals surface area contributed by atoms with Gasteiger partial charge in [0.2, 0.25) is 0 Å². The molecule has 0 unspecified atom stereocenters. The van der Waals surface area contributed by atoms with E-state index in [1.165, 1.54) is 6.33 Å². The zero-order valence-corrected chi connectivity index (χ0v) is 9.54. The average Bonchev–Trinajstić information content (AvgIpc) is 2.38. The summed E-state index contributed by atoms with van der Waals surface area (Å²) < 4.78 is 0. The Hall–Kier alpha value is -2.86. The molecule has 0 spiro atoms. The third-order valence-corrected chi connectivity index (χ3v) is 2.46. The molecule has 0 aliphatic carbocycles. The predicted molar refractivity (Wildman–Crippen MR) is 67.4 cm³/mol. The monoisotopic (exact) mass is 238 g/mol. The second-order valence-corrected chi connectivity index (χ2v) is 3.65. The van der Waals surface area contributed by atoms with Crippen LogP contribution in [0.25, 0.3) is 10.9 Å². The fraction of sp³-hybridized carbons (Fsp3) is 0.167. The van der Waals surface area contributed by atoms with Gasteiger partial charge in [0.15, 0.2) is 0 Å². The molecule has 0 fully saturated rings. The van der Waals surface area contributed by atoms with Gasteiger partial charge in [-0.25, -0.2) is 9.97 Å². The number of hydrogen-bond donors (Lipinski definition) is 1. The molecule has 2 N–H and O–H groups in total. The average molecular weight is 238 g/mol. The van der Waals surface area contributed by atoms with Crippen LogP contribution < -0.4 is 10.6 Å². The molecule has 0 aliphatic heterocycles. The molecule has 0 radical (unpaired) electrons. The standard InChI is InChI=1S/C12H10N6/c13-3-5-18(6-4-14)12-10-7-9(15)1-2-11(10)16-8-17-12/h1-2,7-8H,5-6,15H2. The Balaban J connectivity index is 2.59. The first-order valence-electron chi connectivity index (χ1n) is 5.25. The molecular formula is C12H10N6. The summed E-state index contributed by atoms with van der Waals surface area (Å²) in [5.74, 6) is 0.551. The van der Waals surface area contributed by atoms with Crippen LogP contribution in [0.3, 0.4) is 0 Å². The van der Waals surface area contributed by atoms with Crippen LogP contribution in [0.5, 0.6) is 0 Å². The van der Waals surface area contributed by atoms with E-state index in [-0.39, 0.29) is 13.1 Å². The third kappa shape index (κ3) is 2.13. The van der Waals surface area contributed by atoms with E-state index in [1.54, 1.807) is 23.1 Å². The minimum absolute atomic E-state index is 0.0917. The molecule has 0 amide bonds. The van der Waals surface area contributed by atoms with Gasteiger partial charge in [-0.15, -0.1) is 0 Å². The summed E-state index contributed by atoms with van der Waals surface area (Å²) >= 11 is 0. The molecule has 1 aromatic heterocycles. The molecule has 0 bridgehead atoms. The lowest BCUT2D eigenvalue weighted by Crippen LogP contribution is -2.25. The molecule has 2 aromatic rings. The molecule has 6 nitrogen and oxygen atoms in total. The summed E-state index contributed by atoms with van der Waals surface area (Å²) in [7, 11) is 0. The maximum absolute atomic E-state index is 8.78. The van der Waals surface area contributed by atoms with Crippen molar-refractivity contribution in [1.82, 2.24) is 9.97 Å². The van der Waals surface area contributed by atoms with Crippen molar-refractivity contribution in [3.05, 3.63) is 24.5 Å². The number of anilines is 2. The number of rotatable bonds is 3. The SMILES string of the molecule is N#CCN(CC#N)c1ncnc2ccc(N)cc12. The Labute approximate surface area is 104 Å². The van der Waals surface area contributed by atoms with Crippen LogP contribution in [0.2, 0.25) is 0 Å². The highest BCUT2D eigenvalue weighted by atomic mass is 15.2. The number of nitrogens with zero attached hydrogens (tertiary/aromatic N) is 5. The number of benzene rings is 1. The lowest BCUT2D eigenvalue weighted by Gasteiger charge is -2.18. The molecular weight excluding hydrogens is 228 g/mol. The number of nitriles is 2. The highest BCUT2D eigenvalue weighted by Gasteiger charge is 2.11. The Morgan fingerprint density at radius 3 is 2.56 bits per heavy atom. The number of nitrogen functional groups attached to an aromatic ring is 1. The lowest BCUT2D eigenvalue weighted by molar-refractivity contribution is 0.937. The number of fused-ring (bicyclic) bond motifs is 1. The Kier molecular flexibility index (Phi) is 3.22. The topological polar surface area (TPSA) is 103 Å².